The van der Waals surface area contributed by atoms with Gasteiger partial charge in [-0.1, -0.05) is 30.3 Å². The van der Waals surface area contributed by atoms with E-state index in [-0.39, 0.29) is 12.6 Å². The summed E-state index contributed by atoms with van der Waals surface area (Å²) in [6.45, 7) is 0.736. The minimum atomic E-state index is -0.0612. The van der Waals surface area contributed by atoms with Crippen LogP contribution in [0.5, 0.6) is 0 Å². The Hall–Kier alpha value is -1.85. The molecule has 0 fully saturated rings. The molecule has 1 atom stereocenters. The Morgan fingerprint density at radius 3 is 2.55 bits per heavy atom. The maximum atomic E-state index is 9.53. The van der Waals surface area contributed by atoms with Gasteiger partial charge >= 0.3 is 0 Å². The van der Waals surface area contributed by atoms with Gasteiger partial charge in [-0.3, -0.25) is 0 Å². The molecule has 5 nitrogen and oxygen atoms in total. The molecule has 0 saturated carbocycles. The Kier molecular flexibility index (Phi) is 4.76. The van der Waals surface area contributed by atoms with E-state index in [1.54, 1.807) is 0 Å². The zero-order valence-electron chi connectivity index (χ0n) is 12.2. The smallest absolute Gasteiger partial charge is 0.204 e. The molecule has 20 heavy (non-hydrogen) atoms. The molecule has 0 radical (unpaired) electrons. The van der Waals surface area contributed by atoms with Gasteiger partial charge in [0.2, 0.25) is 5.95 Å². The topological polar surface area (TPSA) is 53.3 Å². The highest BCUT2D eigenvalue weighted by Crippen LogP contribution is 2.14. The molecule has 0 saturated heterocycles. The molecule has 5 heteroatoms. The number of imidazole rings is 1. The summed E-state index contributed by atoms with van der Waals surface area (Å²) in [5, 5.41) is 12.9. The quantitative estimate of drug-likeness (QED) is 0.834. The Morgan fingerprint density at radius 2 is 2.00 bits per heavy atom. The van der Waals surface area contributed by atoms with Crippen LogP contribution in [-0.4, -0.2) is 35.4 Å². The number of aromatic nitrogens is 2. The van der Waals surface area contributed by atoms with E-state index in [4.69, 9.17) is 0 Å². The average Bonchev–Trinajstić information content (AvgIpc) is 2.82. The van der Waals surface area contributed by atoms with Gasteiger partial charge in [0, 0.05) is 27.7 Å². The summed E-state index contributed by atoms with van der Waals surface area (Å²) in [7, 11) is 5.94. The third kappa shape index (κ3) is 3.18. The third-order valence-electron chi connectivity index (χ3n) is 3.37. The number of aliphatic hydroxyl groups is 1. The van der Waals surface area contributed by atoms with Gasteiger partial charge in [-0.15, -0.1) is 0 Å². The minimum absolute atomic E-state index is 0.0612. The summed E-state index contributed by atoms with van der Waals surface area (Å²) >= 11 is 0. The number of nitrogens with one attached hydrogen (secondary N) is 1. The summed E-state index contributed by atoms with van der Waals surface area (Å²) in [6, 6.07) is 9.91. The van der Waals surface area contributed by atoms with Crippen molar-refractivity contribution in [1.29, 1.82) is 0 Å². The van der Waals surface area contributed by atoms with E-state index in [9.17, 15) is 5.11 Å². The van der Waals surface area contributed by atoms with Crippen LogP contribution in [0.2, 0.25) is 0 Å². The number of rotatable bonds is 6. The van der Waals surface area contributed by atoms with E-state index < -0.39 is 0 Å². The van der Waals surface area contributed by atoms with Gasteiger partial charge in [-0.25, -0.2) is 4.98 Å². The molecule has 0 spiro atoms. The van der Waals surface area contributed by atoms with Crippen LogP contribution in [0.3, 0.4) is 0 Å². The zero-order chi connectivity index (χ0) is 14.5. The second-order valence-electron chi connectivity index (χ2n) is 5.03. The lowest BCUT2D eigenvalue weighted by Gasteiger charge is -2.17. The van der Waals surface area contributed by atoms with Gasteiger partial charge in [-0.2, -0.15) is 0 Å². The molecule has 0 aliphatic rings. The second-order valence-corrected chi connectivity index (χ2v) is 5.03. The van der Waals surface area contributed by atoms with Crippen molar-refractivity contribution in [3.63, 3.8) is 0 Å². The molecule has 2 aromatic rings. The summed E-state index contributed by atoms with van der Waals surface area (Å²) in [5.41, 5.74) is 2.17. The van der Waals surface area contributed by atoms with Crippen molar-refractivity contribution < 1.29 is 5.11 Å². The minimum Gasteiger partial charge on any atom is -0.394 e. The van der Waals surface area contributed by atoms with Crippen molar-refractivity contribution in [2.75, 3.05) is 25.6 Å². The van der Waals surface area contributed by atoms with E-state index in [0.717, 1.165) is 17.2 Å². The maximum absolute atomic E-state index is 9.53. The Morgan fingerprint density at radius 1 is 1.30 bits per heavy atom. The lowest BCUT2D eigenvalue weighted by atomic mass is 10.1. The van der Waals surface area contributed by atoms with Crippen molar-refractivity contribution >= 4 is 5.95 Å². The van der Waals surface area contributed by atoms with Gasteiger partial charge in [0.25, 0.3) is 0 Å². The summed E-state index contributed by atoms with van der Waals surface area (Å²) in [4.78, 5) is 6.35. The number of hydrogen-bond donors (Lipinski definition) is 2. The second kappa shape index (κ2) is 6.54. The van der Waals surface area contributed by atoms with Crippen LogP contribution in [0.4, 0.5) is 5.95 Å². The molecule has 0 aliphatic carbocycles. The summed E-state index contributed by atoms with van der Waals surface area (Å²) in [6.07, 6.45) is 1.86. The Bertz CT molecular complexity index is 536. The highest BCUT2D eigenvalue weighted by Gasteiger charge is 2.12. The normalized spacial score (nSPS) is 12.4. The highest BCUT2D eigenvalue weighted by atomic mass is 16.3. The molecule has 1 aromatic carbocycles. The van der Waals surface area contributed by atoms with Crippen LogP contribution in [-0.2, 0) is 13.6 Å². The molecular weight excluding hydrogens is 252 g/mol. The average molecular weight is 274 g/mol. The largest absolute Gasteiger partial charge is 0.394 e. The lowest BCUT2D eigenvalue weighted by Crippen LogP contribution is -2.25. The van der Waals surface area contributed by atoms with E-state index in [0.29, 0.717) is 6.54 Å². The van der Waals surface area contributed by atoms with Crippen molar-refractivity contribution in [3.05, 3.63) is 47.8 Å². The molecule has 2 N–H and O–H groups in total. The first-order chi connectivity index (χ1) is 9.63. The number of anilines is 1. The Balaban J connectivity index is 2.04. The molecule has 0 amide bonds. The molecule has 2 rings (SSSR count). The summed E-state index contributed by atoms with van der Waals surface area (Å²) in [5.74, 6) is 0.919. The zero-order valence-corrected chi connectivity index (χ0v) is 12.2. The predicted octanol–water partition coefficient (Wildman–Crippen LogP) is 1.31. The SMILES string of the molecule is CN(C)c1ncc(CN[C@H](CO)c2ccccc2)n1C. The maximum Gasteiger partial charge on any atom is 0.204 e. The fourth-order valence-electron chi connectivity index (χ4n) is 2.21. The van der Waals surface area contributed by atoms with Crippen LogP contribution in [0.1, 0.15) is 17.3 Å². The molecule has 1 aromatic heterocycles. The number of aliphatic hydroxyl groups excluding tert-OH is 1. The molecule has 0 unspecified atom stereocenters. The first kappa shape index (κ1) is 14.6. The predicted molar refractivity (Wildman–Crippen MR) is 80.6 cm³/mol. The van der Waals surface area contributed by atoms with Crippen LogP contribution < -0.4 is 10.2 Å². The third-order valence-corrected chi connectivity index (χ3v) is 3.37. The van der Waals surface area contributed by atoms with Crippen molar-refractivity contribution in [1.82, 2.24) is 14.9 Å². The van der Waals surface area contributed by atoms with E-state index >= 15 is 0 Å². The van der Waals surface area contributed by atoms with Gasteiger partial charge in [0.15, 0.2) is 0 Å². The first-order valence-corrected chi connectivity index (χ1v) is 6.70. The summed E-state index contributed by atoms with van der Waals surface area (Å²) < 4.78 is 2.05. The molecule has 0 aliphatic heterocycles. The van der Waals surface area contributed by atoms with Crippen molar-refractivity contribution in [3.8, 4) is 0 Å². The number of hydrogen-bond acceptors (Lipinski definition) is 4. The number of benzene rings is 1. The van der Waals surface area contributed by atoms with Crippen LogP contribution >= 0.6 is 0 Å². The van der Waals surface area contributed by atoms with Crippen LogP contribution in [0.25, 0.3) is 0 Å². The number of nitrogens with zero attached hydrogens (tertiary/aromatic N) is 3. The monoisotopic (exact) mass is 274 g/mol. The Labute approximate surface area is 119 Å². The first-order valence-electron chi connectivity index (χ1n) is 6.70. The van der Waals surface area contributed by atoms with Crippen LogP contribution in [0, 0.1) is 0 Å². The van der Waals surface area contributed by atoms with Gasteiger partial charge < -0.3 is 19.9 Å². The van der Waals surface area contributed by atoms with Gasteiger partial charge in [-0.05, 0) is 5.56 Å². The highest BCUT2D eigenvalue weighted by molar-refractivity contribution is 5.31. The fourth-order valence-corrected chi connectivity index (χ4v) is 2.21. The fraction of sp³-hybridized carbons (Fsp3) is 0.400. The van der Waals surface area contributed by atoms with Crippen molar-refractivity contribution in [2.45, 2.75) is 12.6 Å². The molecule has 108 valence electrons. The lowest BCUT2D eigenvalue weighted by molar-refractivity contribution is 0.243. The standard InChI is InChI=1S/C15H22N4O/c1-18(2)15-17-10-13(19(15)3)9-16-14(11-20)12-7-5-4-6-8-12/h4-8,10,14,16,20H,9,11H2,1-3H3/t14-/m1/s1. The molecule has 0 bridgehead atoms. The van der Waals surface area contributed by atoms with Gasteiger partial charge in [0.05, 0.1) is 24.5 Å². The molecular formula is C15H22N4O. The van der Waals surface area contributed by atoms with E-state index in [1.807, 2.05) is 67.1 Å². The van der Waals surface area contributed by atoms with Crippen molar-refractivity contribution in [2.24, 2.45) is 7.05 Å². The van der Waals surface area contributed by atoms with Crippen LogP contribution in [0.15, 0.2) is 36.5 Å². The van der Waals surface area contributed by atoms with E-state index in [1.165, 1.54) is 0 Å². The van der Waals surface area contributed by atoms with E-state index in [2.05, 4.69) is 10.3 Å². The molecule has 1 heterocycles. The van der Waals surface area contributed by atoms with Gasteiger partial charge in [0.1, 0.15) is 0 Å².